The number of carboxylic acid groups (broad SMARTS) is 1. The molecule has 0 saturated heterocycles. The van der Waals surface area contributed by atoms with E-state index in [1.807, 2.05) is 0 Å². The number of rotatable bonds is 5. The van der Waals surface area contributed by atoms with Crippen LogP contribution in [0.3, 0.4) is 0 Å². The number of aliphatic carboxylic acids is 1. The average Bonchev–Trinajstić information content (AvgIpc) is 2.52. The van der Waals surface area contributed by atoms with Gasteiger partial charge in [-0.05, 0) is 48.2 Å². The molecule has 138 valence electrons. The fourth-order valence-electron chi connectivity index (χ4n) is 3.12. The minimum absolute atomic E-state index is 0.0301. The molecule has 0 aliphatic heterocycles. The summed E-state index contributed by atoms with van der Waals surface area (Å²) in [6.45, 7) is -1.47. The second kappa shape index (κ2) is 6.63. The first-order valence-corrected chi connectivity index (χ1v) is 8.05. The van der Waals surface area contributed by atoms with Crippen LogP contribution in [0.1, 0.15) is 24.8 Å². The molecule has 0 aromatic heterocycles. The number of carboxylic acids is 1. The molecule has 0 bridgehead atoms. The van der Waals surface area contributed by atoms with Gasteiger partial charge in [0.25, 0.3) is 0 Å². The van der Waals surface area contributed by atoms with Gasteiger partial charge in [0.2, 0.25) is 0 Å². The van der Waals surface area contributed by atoms with Gasteiger partial charge in [-0.1, -0.05) is 24.6 Å². The van der Waals surface area contributed by atoms with Crippen molar-refractivity contribution in [1.29, 1.82) is 0 Å². The number of alkyl halides is 3. The van der Waals surface area contributed by atoms with Crippen molar-refractivity contribution in [2.24, 2.45) is 0 Å². The quantitative estimate of drug-likeness (QED) is 0.761. The van der Waals surface area contributed by atoms with E-state index in [-0.39, 0.29) is 5.75 Å². The molecule has 26 heavy (non-hydrogen) atoms. The van der Waals surface area contributed by atoms with Gasteiger partial charge < -0.3 is 9.84 Å². The normalized spacial score (nSPS) is 16.0. The lowest BCUT2D eigenvalue weighted by Gasteiger charge is -2.38. The van der Waals surface area contributed by atoms with E-state index < -0.39 is 30.0 Å². The van der Waals surface area contributed by atoms with E-state index in [4.69, 9.17) is 4.74 Å². The van der Waals surface area contributed by atoms with Crippen LogP contribution in [0.25, 0.3) is 11.1 Å². The summed E-state index contributed by atoms with van der Waals surface area (Å²) in [4.78, 5) is 11.7. The maximum absolute atomic E-state index is 13.2. The Kier molecular flexibility index (Phi) is 4.64. The highest BCUT2D eigenvalue weighted by Crippen LogP contribution is 2.46. The van der Waals surface area contributed by atoms with Gasteiger partial charge in [-0.2, -0.15) is 13.2 Å². The lowest BCUT2D eigenvalue weighted by molar-refractivity contribution is -0.153. The summed E-state index contributed by atoms with van der Waals surface area (Å²) < 4.78 is 55.6. The van der Waals surface area contributed by atoms with Crippen LogP contribution >= 0.6 is 0 Å². The highest BCUT2D eigenvalue weighted by Gasteiger charge is 2.46. The van der Waals surface area contributed by atoms with E-state index in [2.05, 4.69) is 0 Å². The van der Waals surface area contributed by atoms with Crippen molar-refractivity contribution in [2.45, 2.75) is 30.9 Å². The molecule has 3 rings (SSSR count). The van der Waals surface area contributed by atoms with Crippen LogP contribution in [0.15, 0.2) is 42.5 Å². The van der Waals surface area contributed by atoms with Gasteiger partial charge in [0.1, 0.15) is 11.6 Å². The van der Waals surface area contributed by atoms with Crippen LogP contribution in [0, 0.1) is 5.82 Å². The number of halogens is 4. The smallest absolute Gasteiger partial charge is 0.422 e. The van der Waals surface area contributed by atoms with Crippen LogP contribution in [0.5, 0.6) is 5.75 Å². The third-order valence-corrected chi connectivity index (χ3v) is 4.70. The van der Waals surface area contributed by atoms with Crippen molar-refractivity contribution in [1.82, 2.24) is 0 Å². The predicted octanol–water partition coefficient (Wildman–Crippen LogP) is 4.94. The lowest BCUT2D eigenvalue weighted by Crippen LogP contribution is -2.42. The zero-order chi connectivity index (χ0) is 18.9. The van der Waals surface area contributed by atoms with E-state index in [1.165, 1.54) is 42.5 Å². The summed E-state index contributed by atoms with van der Waals surface area (Å²) in [6, 6.07) is 9.59. The Morgan fingerprint density at radius 3 is 2.27 bits per heavy atom. The van der Waals surface area contributed by atoms with E-state index in [0.29, 0.717) is 29.5 Å². The Morgan fingerprint density at radius 1 is 1.12 bits per heavy atom. The van der Waals surface area contributed by atoms with E-state index in [0.717, 1.165) is 6.42 Å². The molecule has 0 amide bonds. The van der Waals surface area contributed by atoms with Gasteiger partial charge in [0.15, 0.2) is 6.61 Å². The van der Waals surface area contributed by atoms with Gasteiger partial charge in [0.05, 0.1) is 5.41 Å². The Bertz CT molecular complexity index is 809. The first-order chi connectivity index (χ1) is 12.2. The molecular formula is C19H16F4O3. The fourth-order valence-corrected chi connectivity index (χ4v) is 3.12. The van der Waals surface area contributed by atoms with E-state index in [1.54, 1.807) is 0 Å². The van der Waals surface area contributed by atoms with Gasteiger partial charge in [0, 0.05) is 5.56 Å². The highest BCUT2D eigenvalue weighted by molar-refractivity contribution is 5.84. The molecule has 1 aliphatic rings. The van der Waals surface area contributed by atoms with Gasteiger partial charge in [-0.15, -0.1) is 0 Å². The zero-order valence-corrected chi connectivity index (χ0v) is 13.6. The van der Waals surface area contributed by atoms with Gasteiger partial charge in [-0.3, -0.25) is 4.79 Å². The molecule has 3 nitrogen and oxygen atoms in total. The summed E-state index contributed by atoms with van der Waals surface area (Å²) in [6.07, 6.45) is -2.80. The SMILES string of the molecule is O=C(O)C1(c2ccc(OCC(F)(F)F)c(-c3ccc(F)cc3)c2)CCC1. The topological polar surface area (TPSA) is 46.5 Å². The molecular weight excluding hydrogens is 352 g/mol. The summed E-state index contributed by atoms with van der Waals surface area (Å²) in [5, 5.41) is 9.58. The Balaban J connectivity index is 2.05. The third kappa shape index (κ3) is 3.52. The van der Waals surface area contributed by atoms with Crippen molar-refractivity contribution in [3.8, 4) is 16.9 Å². The maximum Gasteiger partial charge on any atom is 0.422 e. The minimum atomic E-state index is -4.50. The molecule has 0 radical (unpaired) electrons. The molecule has 0 spiro atoms. The van der Waals surface area contributed by atoms with Crippen molar-refractivity contribution in [3.05, 3.63) is 53.8 Å². The Labute approximate surface area is 147 Å². The van der Waals surface area contributed by atoms with Gasteiger partial charge in [-0.25, -0.2) is 4.39 Å². The number of benzene rings is 2. The summed E-state index contributed by atoms with van der Waals surface area (Å²) in [7, 11) is 0. The minimum Gasteiger partial charge on any atom is -0.483 e. The van der Waals surface area contributed by atoms with Crippen molar-refractivity contribution < 1.29 is 32.2 Å². The first-order valence-electron chi connectivity index (χ1n) is 8.05. The monoisotopic (exact) mass is 368 g/mol. The van der Waals surface area contributed by atoms with Crippen molar-refractivity contribution >= 4 is 5.97 Å². The number of carbonyl (C=O) groups is 1. The second-order valence-electron chi connectivity index (χ2n) is 6.36. The molecule has 2 aromatic carbocycles. The van der Waals surface area contributed by atoms with Crippen LogP contribution in [0.2, 0.25) is 0 Å². The van der Waals surface area contributed by atoms with Crippen LogP contribution in [-0.2, 0) is 10.2 Å². The number of hydrogen-bond acceptors (Lipinski definition) is 2. The van der Waals surface area contributed by atoms with Crippen LogP contribution in [-0.4, -0.2) is 23.9 Å². The standard InChI is InChI=1S/C19H16F4O3/c20-14-5-2-12(3-6-14)15-10-13(18(17(24)25)8-1-9-18)4-7-16(15)26-11-19(21,22)23/h2-7,10H,1,8-9,11H2,(H,24,25). The largest absolute Gasteiger partial charge is 0.483 e. The summed E-state index contributed by atoms with van der Waals surface area (Å²) >= 11 is 0. The molecule has 1 aliphatic carbocycles. The molecule has 1 fully saturated rings. The summed E-state index contributed by atoms with van der Waals surface area (Å²) in [5.74, 6) is -1.47. The molecule has 1 N–H and O–H groups in total. The number of hydrogen-bond donors (Lipinski definition) is 1. The van der Waals surface area contributed by atoms with Gasteiger partial charge >= 0.3 is 12.1 Å². The lowest BCUT2D eigenvalue weighted by atomic mass is 9.64. The van der Waals surface area contributed by atoms with E-state index >= 15 is 0 Å². The van der Waals surface area contributed by atoms with Crippen LogP contribution in [0.4, 0.5) is 17.6 Å². The van der Waals surface area contributed by atoms with Crippen LogP contribution < -0.4 is 4.74 Å². The maximum atomic E-state index is 13.2. The fraction of sp³-hybridized carbons (Fsp3) is 0.316. The predicted molar refractivity (Wildman–Crippen MR) is 86.6 cm³/mol. The molecule has 0 unspecified atom stereocenters. The second-order valence-corrected chi connectivity index (χ2v) is 6.36. The molecule has 1 saturated carbocycles. The highest BCUT2D eigenvalue weighted by atomic mass is 19.4. The molecule has 7 heteroatoms. The first kappa shape index (κ1) is 18.2. The third-order valence-electron chi connectivity index (χ3n) is 4.70. The van der Waals surface area contributed by atoms with Crippen molar-refractivity contribution in [3.63, 3.8) is 0 Å². The van der Waals surface area contributed by atoms with Crippen molar-refractivity contribution in [2.75, 3.05) is 6.61 Å². The summed E-state index contributed by atoms with van der Waals surface area (Å²) in [5.41, 5.74) is 0.233. The molecule has 0 atom stereocenters. The molecule has 2 aromatic rings. The Hall–Kier alpha value is -2.57. The van der Waals surface area contributed by atoms with E-state index in [9.17, 15) is 27.5 Å². The molecule has 0 heterocycles. The zero-order valence-electron chi connectivity index (χ0n) is 13.6. The average molecular weight is 368 g/mol. The number of ether oxygens (including phenoxy) is 1. The Morgan fingerprint density at radius 2 is 1.77 bits per heavy atom.